The summed E-state index contributed by atoms with van der Waals surface area (Å²) in [5, 5.41) is 3.09. The van der Waals surface area contributed by atoms with E-state index in [4.69, 9.17) is 4.42 Å². The summed E-state index contributed by atoms with van der Waals surface area (Å²) in [7, 11) is 1.84. The Morgan fingerprint density at radius 2 is 1.96 bits per heavy atom. The van der Waals surface area contributed by atoms with Gasteiger partial charge < -0.3 is 19.5 Å². The van der Waals surface area contributed by atoms with Gasteiger partial charge in [0.25, 0.3) is 0 Å². The van der Waals surface area contributed by atoms with Crippen LogP contribution in [0.3, 0.4) is 0 Å². The van der Waals surface area contributed by atoms with Gasteiger partial charge in [0, 0.05) is 20.1 Å². The van der Waals surface area contributed by atoms with E-state index in [-0.39, 0.29) is 12.1 Å². The topological polar surface area (TPSA) is 48.7 Å². The highest BCUT2D eigenvalue weighted by molar-refractivity contribution is 5.74. The molecule has 3 rings (SSSR count). The van der Waals surface area contributed by atoms with Crippen molar-refractivity contribution in [2.75, 3.05) is 33.2 Å². The second kappa shape index (κ2) is 8.02. The van der Waals surface area contributed by atoms with Gasteiger partial charge in [0.05, 0.1) is 6.26 Å². The van der Waals surface area contributed by atoms with Crippen LogP contribution in [0.15, 0.2) is 53.1 Å². The normalized spacial score (nSPS) is 16.0. The summed E-state index contributed by atoms with van der Waals surface area (Å²) in [5.41, 5.74) is 1.01. The number of carbonyl (C=O) groups excluding carboxylic acids is 1. The maximum absolute atomic E-state index is 12.6. The summed E-state index contributed by atoms with van der Waals surface area (Å²) >= 11 is 0. The zero-order chi connectivity index (χ0) is 16.8. The van der Waals surface area contributed by atoms with Gasteiger partial charge in [0.2, 0.25) is 0 Å². The minimum atomic E-state index is -0.275. The lowest BCUT2D eigenvalue weighted by Crippen LogP contribution is -2.42. The number of likely N-dealkylation sites (N-methyl/N-ethyl adjacent to an activating group) is 1. The van der Waals surface area contributed by atoms with E-state index in [1.165, 1.54) is 12.8 Å². The summed E-state index contributed by atoms with van der Waals surface area (Å²) in [6.45, 7) is 3.95. The predicted octanol–water partition coefficient (Wildman–Crippen LogP) is 3.11. The highest BCUT2D eigenvalue weighted by atomic mass is 16.3. The molecule has 0 unspecified atom stereocenters. The van der Waals surface area contributed by atoms with Gasteiger partial charge in [0.15, 0.2) is 0 Å². The van der Waals surface area contributed by atoms with E-state index in [0.717, 1.165) is 37.5 Å². The minimum absolute atomic E-state index is 0.0838. The second-order valence-electron chi connectivity index (χ2n) is 6.28. The van der Waals surface area contributed by atoms with Crippen LogP contribution in [0.5, 0.6) is 0 Å². The molecule has 2 aromatic rings. The van der Waals surface area contributed by atoms with Crippen molar-refractivity contribution in [3.8, 4) is 0 Å². The minimum Gasteiger partial charge on any atom is -0.467 e. The van der Waals surface area contributed by atoms with Gasteiger partial charge >= 0.3 is 6.03 Å². The Morgan fingerprint density at radius 1 is 1.21 bits per heavy atom. The summed E-state index contributed by atoms with van der Waals surface area (Å²) in [6, 6.07) is 13.3. The highest BCUT2D eigenvalue weighted by Crippen LogP contribution is 2.22. The number of nitrogens with zero attached hydrogens (tertiary/aromatic N) is 2. The summed E-state index contributed by atoms with van der Waals surface area (Å²) < 4.78 is 5.53. The van der Waals surface area contributed by atoms with Crippen LogP contribution in [-0.4, -0.2) is 49.1 Å². The van der Waals surface area contributed by atoms with Crippen LogP contribution in [0.2, 0.25) is 0 Å². The molecule has 1 atom stereocenters. The molecule has 1 fully saturated rings. The molecule has 24 heavy (non-hydrogen) atoms. The highest BCUT2D eigenvalue weighted by Gasteiger charge is 2.21. The molecule has 0 spiro atoms. The van der Waals surface area contributed by atoms with Crippen LogP contribution in [0, 0.1) is 0 Å². The molecular formula is C19H25N3O2. The van der Waals surface area contributed by atoms with E-state index in [2.05, 4.69) is 10.2 Å². The smallest absolute Gasteiger partial charge is 0.318 e. The molecule has 2 amide bonds. The van der Waals surface area contributed by atoms with Crippen LogP contribution in [0.1, 0.15) is 30.2 Å². The number of rotatable bonds is 6. The zero-order valence-corrected chi connectivity index (χ0v) is 14.1. The SMILES string of the molecule is CN(CCN1CCCC1)C(=O)N[C@H](c1ccccc1)c1ccco1. The van der Waals surface area contributed by atoms with Crippen LogP contribution in [0.4, 0.5) is 4.79 Å². The third-order valence-electron chi connectivity index (χ3n) is 4.53. The molecule has 5 nitrogen and oxygen atoms in total. The van der Waals surface area contributed by atoms with Gasteiger partial charge in [-0.2, -0.15) is 0 Å². The number of hydrogen-bond acceptors (Lipinski definition) is 3. The van der Waals surface area contributed by atoms with E-state index < -0.39 is 0 Å². The first kappa shape index (κ1) is 16.6. The van der Waals surface area contributed by atoms with Crippen molar-refractivity contribution in [2.24, 2.45) is 0 Å². The first-order valence-electron chi connectivity index (χ1n) is 8.56. The molecule has 1 saturated heterocycles. The van der Waals surface area contributed by atoms with Crippen molar-refractivity contribution >= 4 is 6.03 Å². The van der Waals surface area contributed by atoms with Crippen LogP contribution < -0.4 is 5.32 Å². The third kappa shape index (κ3) is 4.17. The molecule has 1 aromatic heterocycles. The number of urea groups is 1. The molecule has 0 radical (unpaired) electrons. The standard InChI is InChI=1S/C19H25N3O2/c1-21(13-14-22-11-5-6-12-22)19(23)20-18(17-10-7-15-24-17)16-8-3-2-4-9-16/h2-4,7-10,15,18H,5-6,11-14H2,1H3,(H,20,23)/t18-/m1/s1. The first-order valence-corrected chi connectivity index (χ1v) is 8.56. The van der Waals surface area contributed by atoms with Gasteiger partial charge in [-0.15, -0.1) is 0 Å². The van der Waals surface area contributed by atoms with Crippen LogP contribution in [0.25, 0.3) is 0 Å². The Labute approximate surface area is 143 Å². The fourth-order valence-corrected chi connectivity index (χ4v) is 3.05. The monoisotopic (exact) mass is 327 g/mol. The number of carbonyl (C=O) groups is 1. The van der Waals surface area contributed by atoms with Gasteiger partial charge in [-0.1, -0.05) is 30.3 Å². The molecule has 1 aliphatic heterocycles. The molecule has 1 aliphatic rings. The average molecular weight is 327 g/mol. The Balaban J connectivity index is 1.62. The Hall–Kier alpha value is -2.27. The lowest BCUT2D eigenvalue weighted by molar-refractivity contribution is 0.197. The van der Waals surface area contributed by atoms with Gasteiger partial charge in [-0.3, -0.25) is 0 Å². The zero-order valence-electron chi connectivity index (χ0n) is 14.1. The molecule has 0 aliphatic carbocycles. The molecule has 0 saturated carbocycles. The quantitative estimate of drug-likeness (QED) is 0.887. The van der Waals surface area contributed by atoms with Crippen molar-refractivity contribution in [2.45, 2.75) is 18.9 Å². The summed E-state index contributed by atoms with van der Waals surface area (Å²) in [5.74, 6) is 0.738. The maximum atomic E-state index is 12.6. The largest absolute Gasteiger partial charge is 0.467 e. The van der Waals surface area contributed by atoms with E-state index in [1.54, 1.807) is 11.2 Å². The van der Waals surface area contributed by atoms with E-state index >= 15 is 0 Å². The van der Waals surface area contributed by atoms with Crippen LogP contribution >= 0.6 is 0 Å². The van der Waals surface area contributed by atoms with Crippen molar-refractivity contribution < 1.29 is 9.21 Å². The predicted molar refractivity (Wildman–Crippen MR) is 93.8 cm³/mol. The Bertz CT molecular complexity index is 621. The molecule has 2 heterocycles. The number of benzene rings is 1. The van der Waals surface area contributed by atoms with Gasteiger partial charge in [-0.25, -0.2) is 4.79 Å². The fourth-order valence-electron chi connectivity index (χ4n) is 3.05. The molecule has 0 bridgehead atoms. The van der Waals surface area contributed by atoms with Crippen molar-refractivity contribution in [1.82, 2.24) is 15.1 Å². The van der Waals surface area contributed by atoms with E-state index in [0.29, 0.717) is 0 Å². The number of hydrogen-bond donors (Lipinski definition) is 1. The number of furan rings is 1. The molecule has 1 N–H and O–H groups in total. The number of likely N-dealkylation sites (tertiary alicyclic amines) is 1. The summed E-state index contributed by atoms with van der Waals surface area (Å²) in [4.78, 5) is 16.7. The van der Waals surface area contributed by atoms with E-state index in [9.17, 15) is 4.79 Å². The van der Waals surface area contributed by atoms with E-state index in [1.807, 2.05) is 49.5 Å². The molecule has 128 valence electrons. The van der Waals surface area contributed by atoms with Gasteiger partial charge in [0.1, 0.15) is 11.8 Å². The van der Waals surface area contributed by atoms with Gasteiger partial charge in [-0.05, 0) is 43.6 Å². The number of amides is 2. The van der Waals surface area contributed by atoms with Crippen molar-refractivity contribution in [1.29, 1.82) is 0 Å². The summed E-state index contributed by atoms with van der Waals surface area (Å²) in [6.07, 6.45) is 4.17. The molecular weight excluding hydrogens is 302 g/mol. The lowest BCUT2D eigenvalue weighted by atomic mass is 10.0. The fraction of sp³-hybridized carbons (Fsp3) is 0.421. The van der Waals surface area contributed by atoms with Crippen LogP contribution in [-0.2, 0) is 0 Å². The second-order valence-corrected chi connectivity index (χ2v) is 6.28. The number of nitrogens with one attached hydrogen (secondary N) is 1. The average Bonchev–Trinajstić information content (AvgIpc) is 3.31. The van der Waals surface area contributed by atoms with Crippen molar-refractivity contribution in [3.63, 3.8) is 0 Å². The molecule has 1 aromatic carbocycles. The maximum Gasteiger partial charge on any atom is 0.318 e. The lowest BCUT2D eigenvalue weighted by Gasteiger charge is -2.24. The van der Waals surface area contributed by atoms with Crippen molar-refractivity contribution in [3.05, 3.63) is 60.1 Å². The Morgan fingerprint density at radius 3 is 2.62 bits per heavy atom. The first-order chi connectivity index (χ1) is 11.7. The third-order valence-corrected chi connectivity index (χ3v) is 4.53. The Kier molecular flexibility index (Phi) is 5.54. The molecule has 5 heteroatoms.